The summed E-state index contributed by atoms with van der Waals surface area (Å²) in [7, 11) is 0. The Balaban J connectivity index is 1.99. The van der Waals surface area contributed by atoms with Crippen molar-refractivity contribution in [1.29, 1.82) is 0 Å². The minimum Gasteiger partial charge on any atom is -0.508 e. The van der Waals surface area contributed by atoms with E-state index in [1.807, 2.05) is 6.07 Å². The van der Waals surface area contributed by atoms with Crippen molar-refractivity contribution in [2.45, 2.75) is 25.4 Å². The molecule has 0 fully saturated rings. The van der Waals surface area contributed by atoms with Crippen molar-refractivity contribution in [2.24, 2.45) is 0 Å². The highest BCUT2D eigenvalue weighted by Crippen LogP contribution is 2.22. The predicted octanol–water partition coefficient (Wildman–Crippen LogP) is 2.88. The Morgan fingerprint density at radius 2 is 2.21 bits per heavy atom. The maximum absolute atomic E-state index is 9.25. The molecule has 0 aliphatic heterocycles. The highest BCUT2D eigenvalue weighted by molar-refractivity contribution is 5.31. The average molecular weight is 190 g/mol. The third kappa shape index (κ3) is 2.28. The Bertz CT molecular complexity index is 331. The van der Waals surface area contributed by atoms with E-state index in [1.54, 1.807) is 18.2 Å². The monoisotopic (exact) mass is 190 g/mol. The molecule has 2 heteroatoms. The number of hydrogen-bond donors (Lipinski definition) is 1. The lowest BCUT2D eigenvalue weighted by molar-refractivity contribution is 0.190. The Kier molecular flexibility index (Phi) is 2.73. The Morgan fingerprint density at radius 3 is 2.93 bits per heavy atom. The van der Waals surface area contributed by atoms with E-state index in [1.165, 1.54) is 0 Å². The van der Waals surface area contributed by atoms with Gasteiger partial charge in [-0.3, -0.25) is 0 Å². The topological polar surface area (TPSA) is 29.5 Å². The zero-order valence-corrected chi connectivity index (χ0v) is 8.02. The van der Waals surface area contributed by atoms with Gasteiger partial charge in [0.1, 0.15) is 17.6 Å². The van der Waals surface area contributed by atoms with E-state index in [9.17, 15) is 5.11 Å². The van der Waals surface area contributed by atoms with Crippen molar-refractivity contribution in [3.8, 4) is 11.5 Å². The normalized spacial score (nSPS) is 20.7. The van der Waals surface area contributed by atoms with Crippen molar-refractivity contribution in [3.63, 3.8) is 0 Å². The summed E-state index contributed by atoms with van der Waals surface area (Å²) in [6, 6.07) is 6.97. The summed E-state index contributed by atoms with van der Waals surface area (Å²) < 4.78 is 5.72. The maximum Gasteiger partial charge on any atom is 0.123 e. The fourth-order valence-electron chi connectivity index (χ4n) is 1.62. The van der Waals surface area contributed by atoms with Crippen molar-refractivity contribution < 1.29 is 9.84 Å². The average Bonchev–Trinajstić information content (AvgIpc) is 2.19. The van der Waals surface area contributed by atoms with Gasteiger partial charge in [0.25, 0.3) is 0 Å². The van der Waals surface area contributed by atoms with Crippen molar-refractivity contribution in [3.05, 3.63) is 36.4 Å². The van der Waals surface area contributed by atoms with Crippen LogP contribution in [0.4, 0.5) is 0 Å². The van der Waals surface area contributed by atoms with E-state index < -0.39 is 0 Å². The standard InChI is InChI=1S/C12H14O2/c13-10-5-4-8-12(9-10)14-11-6-2-1-3-7-11/h1-2,4-5,8-9,11,13H,3,6-7H2. The van der Waals surface area contributed by atoms with Crippen molar-refractivity contribution in [1.82, 2.24) is 0 Å². The van der Waals surface area contributed by atoms with Gasteiger partial charge in [-0.1, -0.05) is 18.2 Å². The molecule has 1 aliphatic carbocycles. The maximum atomic E-state index is 9.25. The van der Waals surface area contributed by atoms with Gasteiger partial charge < -0.3 is 9.84 Å². The van der Waals surface area contributed by atoms with Gasteiger partial charge >= 0.3 is 0 Å². The molecule has 2 nitrogen and oxygen atoms in total. The fourth-order valence-corrected chi connectivity index (χ4v) is 1.62. The summed E-state index contributed by atoms with van der Waals surface area (Å²) >= 11 is 0. The second-order valence-corrected chi connectivity index (χ2v) is 3.52. The number of aromatic hydroxyl groups is 1. The molecule has 1 aromatic carbocycles. The fraction of sp³-hybridized carbons (Fsp3) is 0.333. The van der Waals surface area contributed by atoms with Crippen LogP contribution in [0.1, 0.15) is 19.3 Å². The number of rotatable bonds is 2. The quantitative estimate of drug-likeness (QED) is 0.726. The summed E-state index contributed by atoms with van der Waals surface area (Å²) in [6.45, 7) is 0. The van der Waals surface area contributed by atoms with Crippen LogP contribution < -0.4 is 4.74 Å². The van der Waals surface area contributed by atoms with Crippen molar-refractivity contribution >= 4 is 0 Å². The van der Waals surface area contributed by atoms with Gasteiger partial charge in [-0.15, -0.1) is 0 Å². The van der Waals surface area contributed by atoms with Crippen LogP contribution in [0.25, 0.3) is 0 Å². The Hall–Kier alpha value is -1.44. The van der Waals surface area contributed by atoms with Crippen LogP contribution in [0.2, 0.25) is 0 Å². The lowest BCUT2D eigenvalue weighted by Crippen LogP contribution is -2.17. The molecule has 0 saturated heterocycles. The van der Waals surface area contributed by atoms with Crippen LogP contribution in [0.15, 0.2) is 36.4 Å². The van der Waals surface area contributed by atoms with E-state index in [2.05, 4.69) is 12.2 Å². The lowest BCUT2D eigenvalue weighted by Gasteiger charge is -2.19. The highest BCUT2D eigenvalue weighted by atomic mass is 16.5. The number of phenols is 1. The Labute approximate surface area is 83.8 Å². The third-order valence-electron chi connectivity index (χ3n) is 2.34. The summed E-state index contributed by atoms with van der Waals surface area (Å²) in [5.74, 6) is 1.01. The van der Waals surface area contributed by atoms with Crippen LogP contribution >= 0.6 is 0 Å². The lowest BCUT2D eigenvalue weighted by atomic mass is 10.0. The molecule has 14 heavy (non-hydrogen) atoms. The molecule has 0 amide bonds. The molecule has 1 unspecified atom stereocenters. The van der Waals surface area contributed by atoms with Crippen LogP contribution in [0.5, 0.6) is 11.5 Å². The number of benzene rings is 1. The van der Waals surface area contributed by atoms with Gasteiger partial charge in [0, 0.05) is 12.5 Å². The summed E-state index contributed by atoms with van der Waals surface area (Å²) in [5.41, 5.74) is 0. The zero-order chi connectivity index (χ0) is 9.80. The molecular formula is C12H14O2. The first-order chi connectivity index (χ1) is 6.84. The molecule has 0 saturated carbocycles. The minimum atomic E-state index is 0.258. The van der Waals surface area contributed by atoms with Gasteiger partial charge in [-0.05, 0) is 25.0 Å². The first-order valence-electron chi connectivity index (χ1n) is 4.95. The largest absolute Gasteiger partial charge is 0.508 e. The smallest absolute Gasteiger partial charge is 0.123 e. The summed E-state index contributed by atoms with van der Waals surface area (Å²) in [4.78, 5) is 0. The molecule has 1 aromatic rings. The van der Waals surface area contributed by atoms with E-state index >= 15 is 0 Å². The molecule has 1 aliphatic rings. The first kappa shape index (κ1) is 9.13. The van der Waals surface area contributed by atoms with Gasteiger partial charge in [0.05, 0.1) is 0 Å². The van der Waals surface area contributed by atoms with Crippen molar-refractivity contribution in [2.75, 3.05) is 0 Å². The number of allylic oxidation sites excluding steroid dienone is 1. The SMILES string of the molecule is Oc1cccc(OC2CC=CCC2)c1. The predicted molar refractivity (Wildman–Crippen MR) is 55.5 cm³/mol. The number of ether oxygens (including phenoxy) is 1. The molecule has 1 atom stereocenters. The second-order valence-electron chi connectivity index (χ2n) is 3.52. The van der Waals surface area contributed by atoms with E-state index in [-0.39, 0.29) is 11.9 Å². The van der Waals surface area contributed by atoms with Gasteiger partial charge in [0.15, 0.2) is 0 Å². The van der Waals surface area contributed by atoms with E-state index in [4.69, 9.17) is 4.74 Å². The van der Waals surface area contributed by atoms with Gasteiger partial charge in [0.2, 0.25) is 0 Å². The molecule has 2 rings (SSSR count). The van der Waals surface area contributed by atoms with E-state index in [0.29, 0.717) is 0 Å². The second kappa shape index (κ2) is 4.18. The van der Waals surface area contributed by atoms with Crippen LogP contribution in [-0.2, 0) is 0 Å². The molecular weight excluding hydrogens is 176 g/mol. The van der Waals surface area contributed by atoms with E-state index in [0.717, 1.165) is 25.0 Å². The molecule has 74 valence electrons. The highest BCUT2D eigenvalue weighted by Gasteiger charge is 2.11. The van der Waals surface area contributed by atoms with Crippen LogP contribution in [0, 0.1) is 0 Å². The zero-order valence-electron chi connectivity index (χ0n) is 8.02. The molecule has 1 N–H and O–H groups in total. The third-order valence-corrected chi connectivity index (χ3v) is 2.34. The van der Waals surface area contributed by atoms with Crippen LogP contribution in [0.3, 0.4) is 0 Å². The minimum absolute atomic E-state index is 0.258. The number of hydrogen-bond acceptors (Lipinski definition) is 2. The molecule has 0 spiro atoms. The molecule has 0 heterocycles. The Morgan fingerprint density at radius 1 is 1.29 bits per heavy atom. The molecule has 0 radical (unpaired) electrons. The van der Waals surface area contributed by atoms with Crippen LogP contribution in [-0.4, -0.2) is 11.2 Å². The summed E-state index contributed by atoms with van der Waals surface area (Å²) in [5, 5.41) is 9.25. The van der Waals surface area contributed by atoms with Gasteiger partial charge in [-0.25, -0.2) is 0 Å². The summed E-state index contributed by atoms with van der Waals surface area (Å²) in [6.07, 6.45) is 7.71. The number of phenolic OH excluding ortho intramolecular Hbond substituents is 1. The first-order valence-corrected chi connectivity index (χ1v) is 4.95. The molecule has 0 bridgehead atoms. The van der Waals surface area contributed by atoms with Gasteiger partial charge in [-0.2, -0.15) is 0 Å². The molecule has 0 aromatic heterocycles.